The number of anilines is 1. The number of halogens is 2. The Morgan fingerprint density at radius 1 is 0.894 bits per heavy atom. The lowest BCUT2D eigenvalue weighted by atomic mass is 10.0. The molecule has 0 aromatic heterocycles. The molecule has 2 amide bonds. The second-order valence-corrected chi connectivity index (χ2v) is 13.7. The molecule has 4 rings (SSSR count). The first-order valence-corrected chi connectivity index (χ1v) is 17.7. The number of rotatable bonds is 16. The highest BCUT2D eigenvalue weighted by Crippen LogP contribution is 2.27. The third kappa shape index (κ3) is 9.89. The van der Waals surface area contributed by atoms with E-state index in [4.69, 9.17) is 4.74 Å². The van der Waals surface area contributed by atoms with Crippen molar-refractivity contribution >= 4 is 43.5 Å². The van der Waals surface area contributed by atoms with Crippen LogP contribution in [0.25, 0.3) is 0 Å². The third-order valence-electron chi connectivity index (χ3n) is 7.46. The average molecular weight is 725 g/mol. The second kappa shape index (κ2) is 17.1. The summed E-state index contributed by atoms with van der Waals surface area (Å²) in [7, 11) is -4.36. The summed E-state index contributed by atoms with van der Waals surface area (Å²) in [5.41, 5.74) is 1.80. The molecule has 4 aromatic rings. The molecule has 0 saturated carbocycles. The van der Waals surface area contributed by atoms with Crippen molar-refractivity contribution in [3.63, 3.8) is 0 Å². The normalized spacial score (nSPS) is 11.8. The van der Waals surface area contributed by atoms with E-state index in [0.29, 0.717) is 18.9 Å². The van der Waals surface area contributed by atoms with Gasteiger partial charge in [-0.25, -0.2) is 12.8 Å². The van der Waals surface area contributed by atoms with Crippen LogP contribution in [0.2, 0.25) is 0 Å². The average Bonchev–Trinajstić information content (AvgIpc) is 3.06. The largest absolute Gasteiger partial charge is 0.494 e. The van der Waals surface area contributed by atoms with Crippen molar-refractivity contribution in [2.75, 3.05) is 24.0 Å². The number of carbonyl (C=O) groups is 2. The fraction of sp³-hybridized carbons (Fsp3) is 0.278. The van der Waals surface area contributed by atoms with Crippen molar-refractivity contribution in [3.05, 3.63) is 125 Å². The number of carbonyl (C=O) groups excluding carboxylic acids is 2. The number of nitrogens with one attached hydrogen (secondary N) is 1. The highest BCUT2D eigenvalue weighted by atomic mass is 79.9. The predicted molar refractivity (Wildman–Crippen MR) is 185 cm³/mol. The lowest BCUT2D eigenvalue weighted by molar-refractivity contribution is -0.140. The lowest BCUT2D eigenvalue weighted by Gasteiger charge is -2.34. The molecule has 0 aliphatic carbocycles. The molecule has 0 radical (unpaired) electrons. The molecule has 0 heterocycles. The van der Waals surface area contributed by atoms with Crippen LogP contribution >= 0.6 is 15.9 Å². The maximum atomic E-state index is 14.5. The Morgan fingerprint density at radius 2 is 1.57 bits per heavy atom. The minimum atomic E-state index is -4.36. The van der Waals surface area contributed by atoms with Crippen LogP contribution in [0, 0.1) is 5.82 Å². The maximum Gasteiger partial charge on any atom is 0.264 e. The standard InChI is InChI=1S/C36H39BrFN3O5S/c1-3-5-22-39-36(43)34(24-27-10-7-6-8-11-27)40(25-28-12-9-13-29(37)23-28)35(42)26-41(31-16-18-32(19-17-31)46-4-2)47(44,45)33-20-14-30(38)15-21-33/h6-21,23,34H,3-5,22,24-26H2,1-2H3,(H,39,43)/t34-/m1/s1. The van der Waals surface area contributed by atoms with Crippen molar-refractivity contribution in [2.24, 2.45) is 0 Å². The Hall–Kier alpha value is -4.22. The van der Waals surface area contributed by atoms with Gasteiger partial charge in [0.05, 0.1) is 17.2 Å². The number of hydrogen-bond acceptors (Lipinski definition) is 5. The van der Waals surface area contributed by atoms with Gasteiger partial charge >= 0.3 is 0 Å². The highest BCUT2D eigenvalue weighted by Gasteiger charge is 2.34. The van der Waals surface area contributed by atoms with Gasteiger partial charge < -0.3 is 15.0 Å². The zero-order valence-electron chi connectivity index (χ0n) is 26.4. The summed E-state index contributed by atoms with van der Waals surface area (Å²) in [6.45, 7) is 4.15. The van der Waals surface area contributed by atoms with E-state index >= 15 is 0 Å². The quantitative estimate of drug-likeness (QED) is 0.129. The van der Waals surface area contributed by atoms with E-state index in [-0.39, 0.29) is 29.5 Å². The molecule has 0 aliphatic rings. The number of ether oxygens (including phenoxy) is 1. The molecular weight excluding hydrogens is 685 g/mol. The number of amides is 2. The number of benzene rings is 4. The maximum absolute atomic E-state index is 14.5. The monoisotopic (exact) mass is 723 g/mol. The summed E-state index contributed by atoms with van der Waals surface area (Å²) in [5, 5.41) is 2.98. The van der Waals surface area contributed by atoms with Crippen LogP contribution < -0.4 is 14.4 Å². The molecule has 0 unspecified atom stereocenters. The Balaban J connectivity index is 1.79. The highest BCUT2D eigenvalue weighted by molar-refractivity contribution is 9.10. The first-order chi connectivity index (χ1) is 22.6. The summed E-state index contributed by atoms with van der Waals surface area (Å²) in [4.78, 5) is 29.6. The van der Waals surface area contributed by atoms with Crippen LogP contribution in [0.15, 0.2) is 112 Å². The Bertz CT molecular complexity index is 1720. The molecule has 47 heavy (non-hydrogen) atoms. The first kappa shape index (κ1) is 35.6. The van der Waals surface area contributed by atoms with E-state index in [1.807, 2.05) is 68.4 Å². The fourth-order valence-corrected chi connectivity index (χ4v) is 6.89. The van der Waals surface area contributed by atoms with Crippen LogP contribution in [-0.2, 0) is 32.6 Å². The van der Waals surface area contributed by atoms with Gasteiger partial charge in [0.15, 0.2) is 0 Å². The van der Waals surface area contributed by atoms with Crippen LogP contribution in [0.4, 0.5) is 10.1 Å². The number of hydrogen-bond donors (Lipinski definition) is 1. The summed E-state index contributed by atoms with van der Waals surface area (Å²) >= 11 is 3.49. The van der Waals surface area contributed by atoms with Crippen molar-refractivity contribution in [2.45, 2.75) is 50.6 Å². The van der Waals surface area contributed by atoms with E-state index in [1.54, 1.807) is 24.3 Å². The zero-order valence-corrected chi connectivity index (χ0v) is 28.8. The minimum absolute atomic E-state index is 0.0463. The first-order valence-electron chi connectivity index (χ1n) is 15.5. The second-order valence-electron chi connectivity index (χ2n) is 10.9. The van der Waals surface area contributed by atoms with Gasteiger partial charge in [0, 0.05) is 24.0 Å². The van der Waals surface area contributed by atoms with Crippen LogP contribution in [0.3, 0.4) is 0 Å². The molecule has 11 heteroatoms. The molecular formula is C36H39BrFN3O5S. The third-order valence-corrected chi connectivity index (χ3v) is 9.74. The van der Waals surface area contributed by atoms with E-state index < -0.39 is 34.3 Å². The molecule has 8 nitrogen and oxygen atoms in total. The van der Waals surface area contributed by atoms with Gasteiger partial charge in [0.1, 0.15) is 24.2 Å². The molecule has 0 saturated heterocycles. The van der Waals surface area contributed by atoms with E-state index in [2.05, 4.69) is 21.2 Å². The van der Waals surface area contributed by atoms with Crippen LogP contribution in [0.5, 0.6) is 5.75 Å². The topological polar surface area (TPSA) is 96.0 Å². The summed E-state index contributed by atoms with van der Waals surface area (Å²) in [6.07, 6.45) is 1.86. The van der Waals surface area contributed by atoms with Gasteiger partial charge in [-0.1, -0.05) is 71.7 Å². The Morgan fingerprint density at radius 3 is 2.21 bits per heavy atom. The summed E-state index contributed by atoms with van der Waals surface area (Å²) in [6, 6.07) is 26.6. The zero-order chi connectivity index (χ0) is 33.8. The van der Waals surface area contributed by atoms with Gasteiger partial charge in [0.2, 0.25) is 11.8 Å². The van der Waals surface area contributed by atoms with E-state index in [9.17, 15) is 22.4 Å². The van der Waals surface area contributed by atoms with Gasteiger partial charge in [-0.15, -0.1) is 0 Å². The fourth-order valence-electron chi connectivity index (χ4n) is 5.03. The van der Waals surface area contributed by atoms with Gasteiger partial charge in [-0.2, -0.15) is 0 Å². The molecule has 0 aliphatic heterocycles. The Kier molecular flexibility index (Phi) is 12.9. The smallest absolute Gasteiger partial charge is 0.264 e. The van der Waals surface area contributed by atoms with Gasteiger partial charge in [-0.05, 0) is 85.1 Å². The van der Waals surface area contributed by atoms with Crippen LogP contribution in [0.1, 0.15) is 37.8 Å². The number of sulfonamides is 1. The van der Waals surface area contributed by atoms with Gasteiger partial charge in [0.25, 0.3) is 10.0 Å². The number of nitrogens with zero attached hydrogens (tertiary/aromatic N) is 2. The molecule has 0 spiro atoms. The number of unbranched alkanes of at least 4 members (excludes halogenated alkanes) is 1. The van der Waals surface area contributed by atoms with Crippen molar-refractivity contribution in [3.8, 4) is 5.75 Å². The summed E-state index contributed by atoms with van der Waals surface area (Å²) in [5.74, 6) is -0.980. The molecule has 0 fully saturated rings. The van der Waals surface area contributed by atoms with Gasteiger partial charge in [-0.3, -0.25) is 13.9 Å². The molecule has 248 valence electrons. The molecule has 0 bridgehead atoms. The van der Waals surface area contributed by atoms with Crippen molar-refractivity contribution in [1.29, 1.82) is 0 Å². The predicted octanol–water partition coefficient (Wildman–Crippen LogP) is 6.74. The molecule has 4 aromatic carbocycles. The molecule has 1 N–H and O–H groups in total. The SMILES string of the molecule is CCCCNC(=O)[C@@H](Cc1ccccc1)N(Cc1cccc(Br)c1)C(=O)CN(c1ccc(OCC)cc1)S(=O)(=O)c1ccc(F)cc1. The Labute approximate surface area is 284 Å². The summed E-state index contributed by atoms with van der Waals surface area (Å²) < 4.78 is 49.3. The van der Waals surface area contributed by atoms with Crippen molar-refractivity contribution < 1.29 is 27.1 Å². The van der Waals surface area contributed by atoms with E-state index in [0.717, 1.165) is 57.0 Å². The minimum Gasteiger partial charge on any atom is -0.494 e. The van der Waals surface area contributed by atoms with Crippen LogP contribution in [-0.4, -0.2) is 50.9 Å². The van der Waals surface area contributed by atoms with Crippen molar-refractivity contribution in [1.82, 2.24) is 10.2 Å². The lowest BCUT2D eigenvalue weighted by Crippen LogP contribution is -2.53. The molecule has 1 atom stereocenters. The van der Waals surface area contributed by atoms with E-state index in [1.165, 1.54) is 4.90 Å².